The molecule has 0 aliphatic carbocycles. The van der Waals surface area contributed by atoms with Gasteiger partial charge < -0.3 is 5.32 Å². The molecule has 0 saturated carbocycles. The van der Waals surface area contributed by atoms with Crippen LogP contribution in [0.4, 0.5) is 4.39 Å². The van der Waals surface area contributed by atoms with Gasteiger partial charge in [0.1, 0.15) is 5.82 Å². The van der Waals surface area contributed by atoms with Crippen molar-refractivity contribution in [3.63, 3.8) is 0 Å². The van der Waals surface area contributed by atoms with Crippen molar-refractivity contribution in [1.29, 1.82) is 0 Å². The first kappa shape index (κ1) is 14.1. The summed E-state index contributed by atoms with van der Waals surface area (Å²) in [6.07, 6.45) is 0.838. The van der Waals surface area contributed by atoms with Gasteiger partial charge in [-0.1, -0.05) is 51.8 Å². The maximum atomic E-state index is 13.2. The Hall–Kier alpha value is -0.900. The van der Waals surface area contributed by atoms with E-state index >= 15 is 0 Å². The highest BCUT2D eigenvalue weighted by Gasteiger charge is 2.40. The Morgan fingerprint density at radius 1 is 1.20 bits per heavy atom. The molecule has 1 N–H and O–H groups in total. The average Bonchev–Trinajstić information content (AvgIpc) is 2.37. The van der Waals surface area contributed by atoms with Gasteiger partial charge in [0, 0.05) is 28.0 Å². The summed E-state index contributed by atoms with van der Waals surface area (Å²) in [7, 11) is 0. The fourth-order valence-corrected chi connectivity index (χ4v) is 3.59. The number of hydrogen-bond acceptors (Lipinski definition) is 1. The van der Waals surface area contributed by atoms with Crippen LogP contribution in [0.15, 0.2) is 46.9 Å². The Balaban J connectivity index is 1.96. The molecule has 0 bridgehead atoms. The van der Waals surface area contributed by atoms with Crippen LogP contribution in [0.5, 0.6) is 0 Å². The smallest absolute Gasteiger partial charge is 0.124 e. The van der Waals surface area contributed by atoms with Crippen molar-refractivity contribution in [1.82, 2.24) is 5.32 Å². The lowest BCUT2D eigenvalue weighted by Gasteiger charge is -2.44. The molecule has 1 aliphatic rings. The topological polar surface area (TPSA) is 12.0 Å². The van der Waals surface area contributed by atoms with Gasteiger partial charge >= 0.3 is 0 Å². The van der Waals surface area contributed by atoms with Gasteiger partial charge in [-0.25, -0.2) is 4.39 Å². The molecule has 1 nitrogen and oxygen atoms in total. The molecular weight excluding hydrogens is 341 g/mol. The van der Waals surface area contributed by atoms with Crippen LogP contribution >= 0.6 is 27.5 Å². The quantitative estimate of drug-likeness (QED) is 0.865. The van der Waals surface area contributed by atoms with Crippen LogP contribution in [0.3, 0.4) is 0 Å². The molecule has 1 saturated heterocycles. The highest BCUT2D eigenvalue weighted by molar-refractivity contribution is 9.10. The van der Waals surface area contributed by atoms with E-state index < -0.39 is 0 Å². The Bertz CT molecular complexity index is 640. The lowest BCUT2D eigenvalue weighted by molar-refractivity contribution is 0.274. The van der Waals surface area contributed by atoms with E-state index in [9.17, 15) is 4.39 Å². The van der Waals surface area contributed by atoms with Gasteiger partial charge in [-0.3, -0.25) is 0 Å². The number of hydrogen-bond donors (Lipinski definition) is 1. The van der Waals surface area contributed by atoms with E-state index in [2.05, 4.69) is 27.3 Å². The van der Waals surface area contributed by atoms with Crippen LogP contribution in [-0.2, 0) is 11.8 Å². The predicted molar refractivity (Wildman–Crippen MR) is 83.8 cm³/mol. The number of benzene rings is 2. The molecule has 0 radical (unpaired) electrons. The molecule has 1 fully saturated rings. The fraction of sp³-hybridized carbons (Fsp3) is 0.250. The standard InChI is InChI=1S/C16H14BrClFN/c17-14-7-12(19)6-5-11(14)8-16(9-20-10-16)13-3-1-2-4-15(13)18/h1-7,20H,8-10H2. The SMILES string of the molecule is Fc1ccc(CC2(c3ccccc3Cl)CNC2)c(Br)c1. The largest absolute Gasteiger partial charge is 0.315 e. The van der Waals surface area contributed by atoms with Gasteiger partial charge in [-0.05, 0) is 35.7 Å². The van der Waals surface area contributed by atoms with E-state index in [0.717, 1.165) is 40.1 Å². The van der Waals surface area contributed by atoms with Gasteiger partial charge in [0.2, 0.25) is 0 Å². The van der Waals surface area contributed by atoms with Gasteiger partial charge in [0.05, 0.1) is 0 Å². The molecule has 0 atom stereocenters. The molecule has 2 aromatic carbocycles. The lowest BCUT2D eigenvalue weighted by atomic mass is 9.71. The summed E-state index contributed by atoms with van der Waals surface area (Å²) < 4.78 is 14.0. The van der Waals surface area contributed by atoms with Gasteiger partial charge in [0.25, 0.3) is 0 Å². The first-order valence-electron chi connectivity index (χ1n) is 6.50. The van der Waals surface area contributed by atoms with Crippen molar-refractivity contribution in [2.75, 3.05) is 13.1 Å². The minimum atomic E-state index is -0.223. The molecule has 4 heteroatoms. The summed E-state index contributed by atoms with van der Waals surface area (Å²) in [5.41, 5.74) is 2.27. The van der Waals surface area contributed by atoms with E-state index in [-0.39, 0.29) is 11.2 Å². The summed E-state index contributed by atoms with van der Waals surface area (Å²) in [6.45, 7) is 1.78. The first-order valence-corrected chi connectivity index (χ1v) is 7.67. The summed E-state index contributed by atoms with van der Waals surface area (Å²) in [5, 5.41) is 4.13. The summed E-state index contributed by atoms with van der Waals surface area (Å²) >= 11 is 9.80. The number of rotatable bonds is 3. The average molecular weight is 355 g/mol. The van der Waals surface area contributed by atoms with Crippen molar-refractivity contribution in [3.8, 4) is 0 Å². The van der Waals surface area contributed by atoms with Crippen LogP contribution in [-0.4, -0.2) is 13.1 Å². The highest BCUT2D eigenvalue weighted by Crippen LogP contribution is 2.38. The molecular formula is C16H14BrClFN. The highest BCUT2D eigenvalue weighted by atomic mass is 79.9. The fourth-order valence-electron chi connectivity index (χ4n) is 2.76. The van der Waals surface area contributed by atoms with E-state index in [1.807, 2.05) is 24.3 Å². The summed E-state index contributed by atoms with van der Waals surface area (Å²) in [6, 6.07) is 12.8. The van der Waals surface area contributed by atoms with Crippen molar-refractivity contribution in [2.24, 2.45) is 0 Å². The molecule has 2 aromatic rings. The molecule has 20 heavy (non-hydrogen) atoms. The van der Waals surface area contributed by atoms with Crippen LogP contribution in [0.25, 0.3) is 0 Å². The Labute approximate surface area is 131 Å². The zero-order valence-corrected chi connectivity index (χ0v) is 13.1. The monoisotopic (exact) mass is 353 g/mol. The third-order valence-corrected chi connectivity index (χ3v) is 4.98. The zero-order chi connectivity index (χ0) is 14.2. The summed E-state index contributed by atoms with van der Waals surface area (Å²) in [4.78, 5) is 0. The third kappa shape index (κ3) is 2.50. The Morgan fingerprint density at radius 2 is 1.95 bits per heavy atom. The molecule has 0 amide bonds. The molecule has 1 heterocycles. The second-order valence-corrected chi connectivity index (χ2v) is 6.54. The van der Waals surface area contributed by atoms with Crippen molar-refractivity contribution >= 4 is 27.5 Å². The number of nitrogens with one attached hydrogen (secondary N) is 1. The molecule has 0 unspecified atom stereocenters. The summed E-state index contributed by atoms with van der Waals surface area (Å²) in [5.74, 6) is -0.223. The van der Waals surface area contributed by atoms with Crippen LogP contribution < -0.4 is 5.32 Å². The van der Waals surface area contributed by atoms with Crippen molar-refractivity contribution in [3.05, 3.63) is 68.9 Å². The minimum Gasteiger partial charge on any atom is -0.315 e. The van der Waals surface area contributed by atoms with E-state index in [1.54, 1.807) is 0 Å². The van der Waals surface area contributed by atoms with Gasteiger partial charge in [0.15, 0.2) is 0 Å². The maximum absolute atomic E-state index is 13.2. The van der Waals surface area contributed by atoms with Gasteiger partial charge in [-0.15, -0.1) is 0 Å². The van der Waals surface area contributed by atoms with Crippen LogP contribution in [0, 0.1) is 5.82 Å². The zero-order valence-electron chi connectivity index (χ0n) is 10.8. The Morgan fingerprint density at radius 3 is 2.55 bits per heavy atom. The maximum Gasteiger partial charge on any atom is 0.124 e. The van der Waals surface area contributed by atoms with Crippen molar-refractivity contribution in [2.45, 2.75) is 11.8 Å². The molecule has 1 aliphatic heterocycles. The normalized spacial score (nSPS) is 16.8. The van der Waals surface area contributed by atoms with E-state index in [1.165, 1.54) is 12.1 Å². The lowest BCUT2D eigenvalue weighted by Crippen LogP contribution is -2.58. The Kier molecular flexibility index (Phi) is 3.85. The van der Waals surface area contributed by atoms with Crippen molar-refractivity contribution < 1.29 is 4.39 Å². The number of halogens is 3. The van der Waals surface area contributed by atoms with Crippen LogP contribution in [0.2, 0.25) is 5.02 Å². The third-order valence-electron chi connectivity index (χ3n) is 3.92. The first-order chi connectivity index (χ1) is 9.61. The predicted octanol–water partition coefficient (Wildman–Crippen LogP) is 4.33. The second kappa shape index (κ2) is 5.47. The van der Waals surface area contributed by atoms with E-state index in [0.29, 0.717) is 0 Å². The minimum absolute atomic E-state index is 0.00130. The second-order valence-electron chi connectivity index (χ2n) is 5.28. The van der Waals surface area contributed by atoms with Crippen LogP contribution in [0.1, 0.15) is 11.1 Å². The molecule has 3 rings (SSSR count). The van der Waals surface area contributed by atoms with E-state index in [4.69, 9.17) is 11.6 Å². The molecule has 0 aromatic heterocycles. The molecule has 0 spiro atoms. The molecule has 104 valence electrons. The van der Waals surface area contributed by atoms with Gasteiger partial charge in [-0.2, -0.15) is 0 Å².